The van der Waals surface area contributed by atoms with Gasteiger partial charge in [0.25, 0.3) is 0 Å². The second-order valence-electron chi connectivity index (χ2n) is 2.99. The predicted octanol–water partition coefficient (Wildman–Crippen LogP) is -0.917. The molecule has 1 aliphatic heterocycles. The van der Waals surface area contributed by atoms with Crippen LogP contribution in [0, 0.1) is 5.92 Å². The maximum atomic E-state index is 9.30. The van der Waals surface area contributed by atoms with E-state index < -0.39 is 18.5 Å². The maximum Gasteiger partial charge on any atom is 0.160 e. The van der Waals surface area contributed by atoms with Crippen LogP contribution in [0.4, 0.5) is 0 Å². The summed E-state index contributed by atoms with van der Waals surface area (Å²) in [6, 6.07) is 0. The molecule has 0 saturated carbocycles. The van der Waals surface area contributed by atoms with E-state index in [4.69, 9.17) is 14.9 Å². The lowest BCUT2D eigenvalue weighted by Crippen LogP contribution is -2.43. The molecular formula is C7H14O4. The molecule has 1 unspecified atom stereocenters. The molecule has 1 fully saturated rings. The Labute approximate surface area is 65.4 Å². The van der Waals surface area contributed by atoms with Gasteiger partial charge in [-0.2, -0.15) is 0 Å². The first-order valence-corrected chi connectivity index (χ1v) is 3.77. The molecule has 0 aliphatic carbocycles. The third-order valence-electron chi connectivity index (χ3n) is 2.10. The Kier molecular flexibility index (Phi) is 2.84. The molecule has 11 heavy (non-hydrogen) atoms. The van der Waals surface area contributed by atoms with E-state index in [9.17, 15) is 5.11 Å². The van der Waals surface area contributed by atoms with Crippen LogP contribution in [0.5, 0.6) is 0 Å². The average molecular weight is 162 g/mol. The van der Waals surface area contributed by atoms with Gasteiger partial charge in [-0.05, 0) is 0 Å². The van der Waals surface area contributed by atoms with E-state index in [2.05, 4.69) is 0 Å². The number of rotatable bonds is 1. The number of hydrogen-bond acceptors (Lipinski definition) is 4. The van der Waals surface area contributed by atoms with E-state index in [1.807, 2.05) is 0 Å². The molecule has 4 nitrogen and oxygen atoms in total. The maximum absolute atomic E-state index is 9.30. The number of aliphatic hydroxyl groups is 3. The third-order valence-corrected chi connectivity index (χ3v) is 2.10. The Hall–Kier alpha value is -0.160. The van der Waals surface area contributed by atoms with Crippen LogP contribution < -0.4 is 0 Å². The molecule has 0 aromatic rings. The van der Waals surface area contributed by atoms with Gasteiger partial charge in [0.15, 0.2) is 6.29 Å². The predicted molar refractivity (Wildman–Crippen MR) is 37.8 cm³/mol. The number of aliphatic hydroxyl groups excluding tert-OH is 3. The summed E-state index contributed by atoms with van der Waals surface area (Å²) in [5, 5.41) is 27.1. The van der Waals surface area contributed by atoms with E-state index in [0.29, 0.717) is 6.42 Å². The topological polar surface area (TPSA) is 69.9 Å². The highest BCUT2D eigenvalue weighted by molar-refractivity contribution is 4.77. The van der Waals surface area contributed by atoms with Gasteiger partial charge in [-0.15, -0.1) is 0 Å². The van der Waals surface area contributed by atoms with Crippen molar-refractivity contribution in [1.29, 1.82) is 0 Å². The second-order valence-corrected chi connectivity index (χ2v) is 2.99. The van der Waals surface area contributed by atoms with Gasteiger partial charge in [-0.3, -0.25) is 0 Å². The van der Waals surface area contributed by atoms with Crippen molar-refractivity contribution < 1.29 is 20.1 Å². The summed E-state index contributed by atoms with van der Waals surface area (Å²) in [5.74, 6) is -0.266. The van der Waals surface area contributed by atoms with Crippen molar-refractivity contribution in [3.8, 4) is 0 Å². The highest BCUT2D eigenvalue weighted by Gasteiger charge is 2.33. The van der Waals surface area contributed by atoms with Crippen LogP contribution in [0.2, 0.25) is 0 Å². The molecule has 4 atom stereocenters. The van der Waals surface area contributed by atoms with Crippen molar-refractivity contribution in [1.82, 2.24) is 0 Å². The van der Waals surface area contributed by atoms with Gasteiger partial charge in [0.1, 0.15) is 0 Å². The summed E-state index contributed by atoms with van der Waals surface area (Å²) in [6.45, 7) is 1.56. The minimum atomic E-state index is -0.948. The van der Waals surface area contributed by atoms with Crippen molar-refractivity contribution in [3.63, 3.8) is 0 Å². The molecule has 1 aliphatic rings. The Morgan fingerprint density at radius 2 is 2.09 bits per heavy atom. The Morgan fingerprint density at radius 1 is 1.45 bits per heavy atom. The molecule has 0 bridgehead atoms. The molecular weight excluding hydrogens is 148 g/mol. The quantitative estimate of drug-likeness (QED) is 0.466. The smallest absolute Gasteiger partial charge is 0.160 e. The molecule has 4 heteroatoms. The summed E-state index contributed by atoms with van der Waals surface area (Å²) in [7, 11) is 0. The lowest BCUT2D eigenvalue weighted by Gasteiger charge is -2.34. The highest BCUT2D eigenvalue weighted by Crippen LogP contribution is 2.23. The molecule has 1 rings (SSSR count). The van der Waals surface area contributed by atoms with Crippen LogP contribution in [0.25, 0.3) is 0 Å². The van der Waals surface area contributed by atoms with E-state index in [1.54, 1.807) is 6.92 Å². The molecule has 0 aromatic heterocycles. The number of ether oxygens (including phenoxy) is 1. The Morgan fingerprint density at radius 3 is 2.55 bits per heavy atom. The van der Waals surface area contributed by atoms with Gasteiger partial charge in [0.2, 0.25) is 0 Å². The van der Waals surface area contributed by atoms with Crippen LogP contribution in [0.3, 0.4) is 0 Å². The Bertz CT molecular complexity index is 116. The molecule has 0 spiro atoms. The van der Waals surface area contributed by atoms with E-state index >= 15 is 0 Å². The third kappa shape index (κ3) is 1.90. The molecule has 0 amide bonds. The SMILES string of the molecule is C[C@@H]1C(O)O[C@H](CO)C[C@@H]1O. The zero-order chi connectivity index (χ0) is 8.43. The first kappa shape index (κ1) is 8.93. The van der Waals surface area contributed by atoms with E-state index in [0.717, 1.165) is 0 Å². The second kappa shape index (κ2) is 3.49. The van der Waals surface area contributed by atoms with Crippen molar-refractivity contribution in [2.24, 2.45) is 5.92 Å². The van der Waals surface area contributed by atoms with Crippen LogP contribution in [0.1, 0.15) is 13.3 Å². The summed E-state index contributed by atoms with van der Waals surface area (Å²) in [4.78, 5) is 0. The molecule has 1 heterocycles. The van der Waals surface area contributed by atoms with Gasteiger partial charge in [-0.25, -0.2) is 0 Å². The lowest BCUT2D eigenvalue weighted by molar-refractivity contribution is -0.226. The monoisotopic (exact) mass is 162 g/mol. The fourth-order valence-corrected chi connectivity index (χ4v) is 1.17. The zero-order valence-electron chi connectivity index (χ0n) is 6.47. The average Bonchev–Trinajstić information content (AvgIpc) is 1.99. The van der Waals surface area contributed by atoms with Gasteiger partial charge < -0.3 is 20.1 Å². The molecule has 0 aromatic carbocycles. The summed E-state index contributed by atoms with van der Waals surface area (Å²) in [5.41, 5.74) is 0. The minimum absolute atomic E-state index is 0.152. The standard InChI is InChI=1S/C7H14O4/c1-4-6(9)2-5(3-8)11-7(4)10/h4-10H,2-3H2,1H3/t4-,5-,6-,7?/m0/s1. The lowest BCUT2D eigenvalue weighted by atomic mass is 9.95. The van der Waals surface area contributed by atoms with E-state index in [-0.39, 0.29) is 12.5 Å². The fourth-order valence-electron chi connectivity index (χ4n) is 1.17. The zero-order valence-corrected chi connectivity index (χ0v) is 6.47. The molecule has 0 radical (unpaired) electrons. The minimum Gasteiger partial charge on any atom is -0.394 e. The number of hydrogen-bond donors (Lipinski definition) is 3. The van der Waals surface area contributed by atoms with Crippen molar-refractivity contribution in [2.45, 2.75) is 31.8 Å². The van der Waals surface area contributed by atoms with Crippen LogP contribution in [0.15, 0.2) is 0 Å². The van der Waals surface area contributed by atoms with Crippen molar-refractivity contribution >= 4 is 0 Å². The molecule has 66 valence electrons. The summed E-state index contributed by atoms with van der Waals surface area (Å²) in [6.07, 6.45) is -1.54. The fraction of sp³-hybridized carbons (Fsp3) is 1.00. The van der Waals surface area contributed by atoms with Gasteiger partial charge in [0, 0.05) is 12.3 Å². The van der Waals surface area contributed by atoms with Gasteiger partial charge in [0.05, 0.1) is 18.8 Å². The summed E-state index contributed by atoms with van der Waals surface area (Å²) >= 11 is 0. The largest absolute Gasteiger partial charge is 0.394 e. The Balaban J connectivity index is 2.47. The van der Waals surface area contributed by atoms with Crippen molar-refractivity contribution in [2.75, 3.05) is 6.61 Å². The van der Waals surface area contributed by atoms with Gasteiger partial charge in [-0.1, -0.05) is 6.92 Å². The van der Waals surface area contributed by atoms with Crippen LogP contribution >= 0.6 is 0 Å². The molecule has 3 N–H and O–H groups in total. The van der Waals surface area contributed by atoms with E-state index in [1.165, 1.54) is 0 Å². The molecule has 1 saturated heterocycles. The van der Waals surface area contributed by atoms with Crippen LogP contribution in [-0.2, 0) is 4.74 Å². The normalized spacial score (nSPS) is 45.8. The van der Waals surface area contributed by atoms with Crippen molar-refractivity contribution in [3.05, 3.63) is 0 Å². The van der Waals surface area contributed by atoms with Crippen LogP contribution in [-0.4, -0.2) is 40.4 Å². The first-order chi connectivity index (χ1) is 5.15. The van der Waals surface area contributed by atoms with Gasteiger partial charge >= 0.3 is 0 Å². The highest BCUT2D eigenvalue weighted by atomic mass is 16.6. The summed E-state index contributed by atoms with van der Waals surface area (Å²) < 4.78 is 4.96. The first-order valence-electron chi connectivity index (χ1n) is 3.77.